The summed E-state index contributed by atoms with van der Waals surface area (Å²) in [5.74, 6) is 0. The van der Waals surface area contributed by atoms with E-state index in [2.05, 4.69) is 215 Å². The SMILES string of the molecule is c1ccc(-c2ccc(-c3cccc(-n4c5ccccc5c5ccc(-c6ccc7c8ccccc8n(-c8cccc9ccccc89)c7c6)cc54)c3)cc2)cc1. The number of benzene rings is 9. The van der Waals surface area contributed by atoms with Crippen LogP contribution in [0.3, 0.4) is 0 Å². The van der Waals surface area contributed by atoms with Crippen molar-refractivity contribution in [2.75, 3.05) is 0 Å². The normalized spacial score (nSPS) is 11.7. The van der Waals surface area contributed by atoms with Gasteiger partial charge in [0, 0.05) is 32.6 Å². The van der Waals surface area contributed by atoms with Crippen molar-refractivity contribution >= 4 is 54.4 Å². The minimum atomic E-state index is 1.15. The molecule has 9 aromatic carbocycles. The maximum Gasteiger partial charge on any atom is 0.0547 e. The van der Waals surface area contributed by atoms with E-state index < -0.39 is 0 Å². The molecule has 0 bridgehead atoms. The third kappa shape index (κ3) is 4.81. The molecule has 2 heterocycles. The molecule has 0 saturated carbocycles. The lowest BCUT2D eigenvalue weighted by molar-refractivity contribution is 1.18. The molecule has 54 heavy (non-hydrogen) atoms. The smallest absolute Gasteiger partial charge is 0.0547 e. The summed E-state index contributed by atoms with van der Waals surface area (Å²) in [7, 11) is 0. The van der Waals surface area contributed by atoms with Crippen LogP contribution in [0.25, 0.3) is 99.1 Å². The number of aromatic nitrogens is 2. The molecule has 0 spiro atoms. The van der Waals surface area contributed by atoms with Crippen LogP contribution in [-0.2, 0) is 0 Å². The summed E-state index contributed by atoms with van der Waals surface area (Å²) in [6.45, 7) is 0. The molecule has 2 aromatic heterocycles. The quantitative estimate of drug-likeness (QED) is 0.171. The number of rotatable bonds is 5. The largest absolute Gasteiger partial charge is 0.309 e. The second-order valence-corrected chi connectivity index (χ2v) is 14.2. The molecule has 2 nitrogen and oxygen atoms in total. The van der Waals surface area contributed by atoms with E-state index in [4.69, 9.17) is 0 Å². The van der Waals surface area contributed by atoms with Gasteiger partial charge in [-0.3, -0.25) is 0 Å². The Kier molecular flexibility index (Phi) is 6.90. The van der Waals surface area contributed by atoms with Crippen molar-refractivity contribution in [3.8, 4) is 44.8 Å². The van der Waals surface area contributed by atoms with E-state index in [0.29, 0.717) is 0 Å². The summed E-state index contributed by atoms with van der Waals surface area (Å²) < 4.78 is 4.88. The van der Waals surface area contributed by atoms with Crippen molar-refractivity contribution in [2.24, 2.45) is 0 Å². The molecule has 0 aliphatic rings. The van der Waals surface area contributed by atoms with Gasteiger partial charge in [0.05, 0.1) is 27.8 Å². The number of nitrogens with zero attached hydrogens (tertiary/aromatic N) is 2. The first-order chi connectivity index (χ1) is 26.8. The van der Waals surface area contributed by atoms with Gasteiger partial charge in [-0.05, 0) is 81.2 Å². The Hall–Kier alpha value is -7.16. The molecule has 0 amide bonds. The fourth-order valence-corrected chi connectivity index (χ4v) is 8.55. The number of hydrogen-bond acceptors (Lipinski definition) is 0. The molecule has 0 saturated heterocycles. The van der Waals surface area contributed by atoms with Crippen molar-refractivity contribution in [3.05, 3.63) is 206 Å². The van der Waals surface area contributed by atoms with Crippen molar-refractivity contribution < 1.29 is 0 Å². The van der Waals surface area contributed by atoms with E-state index in [1.165, 1.54) is 93.5 Å². The van der Waals surface area contributed by atoms with E-state index in [1.807, 2.05) is 0 Å². The van der Waals surface area contributed by atoms with Crippen LogP contribution in [0.2, 0.25) is 0 Å². The Labute approximate surface area is 313 Å². The molecule has 252 valence electrons. The zero-order chi connectivity index (χ0) is 35.6. The molecule has 11 rings (SSSR count). The van der Waals surface area contributed by atoms with Gasteiger partial charge in [-0.1, -0.05) is 164 Å². The molecule has 11 aromatic rings. The minimum Gasteiger partial charge on any atom is -0.309 e. The summed E-state index contributed by atoms with van der Waals surface area (Å²) in [5.41, 5.74) is 14.4. The lowest BCUT2D eigenvalue weighted by Crippen LogP contribution is -1.96. The highest BCUT2D eigenvalue weighted by Crippen LogP contribution is 2.39. The van der Waals surface area contributed by atoms with Crippen LogP contribution >= 0.6 is 0 Å². The molecule has 0 aliphatic heterocycles. The predicted molar refractivity (Wildman–Crippen MR) is 229 cm³/mol. The third-order valence-electron chi connectivity index (χ3n) is 11.1. The van der Waals surface area contributed by atoms with Crippen LogP contribution < -0.4 is 0 Å². The van der Waals surface area contributed by atoms with Crippen LogP contribution in [0, 0.1) is 0 Å². The second kappa shape index (κ2) is 12.2. The first-order valence-corrected chi connectivity index (χ1v) is 18.6. The molecule has 0 aliphatic carbocycles. The highest BCUT2D eigenvalue weighted by atomic mass is 15.0. The number of fused-ring (bicyclic) bond motifs is 7. The summed E-state index contributed by atoms with van der Waals surface area (Å²) in [5, 5.41) is 7.50. The average Bonchev–Trinajstić information content (AvgIpc) is 3.76. The molecule has 0 fully saturated rings. The van der Waals surface area contributed by atoms with E-state index in [1.54, 1.807) is 0 Å². The summed E-state index contributed by atoms with van der Waals surface area (Å²) in [4.78, 5) is 0. The van der Waals surface area contributed by atoms with Crippen LogP contribution in [0.4, 0.5) is 0 Å². The Morgan fingerprint density at radius 3 is 1.39 bits per heavy atom. The van der Waals surface area contributed by atoms with Gasteiger partial charge in [0.2, 0.25) is 0 Å². The highest BCUT2D eigenvalue weighted by molar-refractivity contribution is 6.13. The summed E-state index contributed by atoms with van der Waals surface area (Å²) >= 11 is 0. The summed E-state index contributed by atoms with van der Waals surface area (Å²) in [6.07, 6.45) is 0. The maximum atomic E-state index is 2.45. The van der Waals surface area contributed by atoms with Crippen molar-refractivity contribution in [1.29, 1.82) is 0 Å². The predicted octanol–water partition coefficient (Wildman–Crippen LogP) is 14.0. The van der Waals surface area contributed by atoms with Gasteiger partial charge in [0.25, 0.3) is 0 Å². The van der Waals surface area contributed by atoms with Crippen molar-refractivity contribution in [3.63, 3.8) is 0 Å². The van der Waals surface area contributed by atoms with Crippen molar-refractivity contribution in [1.82, 2.24) is 9.13 Å². The van der Waals surface area contributed by atoms with Crippen LogP contribution in [0.1, 0.15) is 0 Å². The lowest BCUT2D eigenvalue weighted by atomic mass is 10.00. The fraction of sp³-hybridized carbons (Fsp3) is 0. The van der Waals surface area contributed by atoms with Gasteiger partial charge in [0.1, 0.15) is 0 Å². The molecule has 0 unspecified atom stereocenters. The zero-order valence-corrected chi connectivity index (χ0v) is 29.5. The highest BCUT2D eigenvalue weighted by Gasteiger charge is 2.17. The Bertz CT molecular complexity index is 3190. The van der Waals surface area contributed by atoms with E-state index in [9.17, 15) is 0 Å². The van der Waals surface area contributed by atoms with Gasteiger partial charge in [-0.25, -0.2) is 0 Å². The first-order valence-electron chi connectivity index (χ1n) is 18.6. The van der Waals surface area contributed by atoms with E-state index in [-0.39, 0.29) is 0 Å². The standard InChI is InChI=1S/C52H34N2/c1-2-12-35(13-3-1)36-24-26-37(27-25-36)39-16-10-17-42(32-39)53-49-21-8-6-19-44(49)46-30-28-40(33-51(46)53)41-29-31-47-45-20-7-9-22-50(45)54(52(47)34-41)48-23-11-15-38-14-4-5-18-43(38)48/h1-34H. The average molecular weight is 687 g/mol. The van der Waals surface area contributed by atoms with Gasteiger partial charge < -0.3 is 9.13 Å². The van der Waals surface area contributed by atoms with E-state index in [0.717, 1.165) is 5.69 Å². The molecule has 0 radical (unpaired) electrons. The number of hydrogen-bond donors (Lipinski definition) is 0. The minimum absolute atomic E-state index is 1.15. The van der Waals surface area contributed by atoms with Crippen LogP contribution in [0.15, 0.2) is 206 Å². The Morgan fingerprint density at radius 2 is 0.685 bits per heavy atom. The number of para-hydroxylation sites is 2. The van der Waals surface area contributed by atoms with Gasteiger partial charge in [-0.15, -0.1) is 0 Å². The van der Waals surface area contributed by atoms with Gasteiger partial charge >= 0.3 is 0 Å². The summed E-state index contributed by atoms with van der Waals surface area (Å²) in [6, 6.07) is 75.2. The van der Waals surface area contributed by atoms with Gasteiger partial charge in [0.15, 0.2) is 0 Å². The first kappa shape index (κ1) is 30.5. The molecular formula is C52H34N2. The third-order valence-corrected chi connectivity index (χ3v) is 11.1. The van der Waals surface area contributed by atoms with Gasteiger partial charge in [-0.2, -0.15) is 0 Å². The fourth-order valence-electron chi connectivity index (χ4n) is 8.55. The Morgan fingerprint density at radius 1 is 0.241 bits per heavy atom. The maximum absolute atomic E-state index is 2.45. The molecular weight excluding hydrogens is 653 g/mol. The molecule has 0 N–H and O–H groups in total. The van der Waals surface area contributed by atoms with Crippen molar-refractivity contribution in [2.45, 2.75) is 0 Å². The molecule has 2 heteroatoms. The van der Waals surface area contributed by atoms with Crippen LogP contribution in [-0.4, -0.2) is 9.13 Å². The second-order valence-electron chi connectivity index (χ2n) is 14.2. The topological polar surface area (TPSA) is 9.86 Å². The Balaban J connectivity index is 1.07. The van der Waals surface area contributed by atoms with Crippen LogP contribution in [0.5, 0.6) is 0 Å². The van der Waals surface area contributed by atoms with E-state index >= 15 is 0 Å². The zero-order valence-electron chi connectivity index (χ0n) is 29.5. The lowest BCUT2D eigenvalue weighted by Gasteiger charge is -2.13. The monoisotopic (exact) mass is 686 g/mol. The molecule has 0 atom stereocenters.